The van der Waals surface area contributed by atoms with Crippen molar-refractivity contribution >= 4 is 34.3 Å². The van der Waals surface area contributed by atoms with E-state index >= 15 is 0 Å². The predicted molar refractivity (Wildman–Crippen MR) is 92.6 cm³/mol. The molecule has 0 fully saturated rings. The lowest BCUT2D eigenvalue weighted by atomic mass is 10.1. The highest BCUT2D eigenvalue weighted by Crippen LogP contribution is 2.32. The molecule has 0 saturated carbocycles. The summed E-state index contributed by atoms with van der Waals surface area (Å²) in [7, 11) is 0. The molecule has 1 aliphatic rings. The summed E-state index contributed by atoms with van der Waals surface area (Å²) >= 11 is 5.92. The van der Waals surface area contributed by atoms with E-state index in [1.54, 1.807) is 23.1 Å². The molecule has 122 valence electrons. The zero-order chi connectivity index (χ0) is 16.8. The number of anilines is 1. The summed E-state index contributed by atoms with van der Waals surface area (Å²) in [5.41, 5.74) is 3.02. The lowest BCUT2D eigenvalue weighted by Gasteiger charge is -2.22. The van der Waals surface area contributed by atoms with Crippen LogP contribution in [0.3, 0.4) is 0 Å². The number of aromatic nitrogens is 1. The molecule has 3 aromatic rings. The third-order valence-corrected chi connectivity index (χ3v) is 4.63. The highest BCUT2D eigenvalue weighted by atomic mass is 35.5. The van der Waals surface area contributed by atoms with E-state index in [4.69, 9.17) is 16.0 Å². The zero-order valence-electron chi connectivity index (χ0n) is 13.0. The van der Waals surface area contributed by atoms with Gasteiger partial charge in [-0.2, -0.15) is 0 Å². The van der Waals surface area contributed by atoms with Crippen molar-refractivity contribution in [1.29, 1.82) is 0 Å². The fraction of sp³-hybridized carbons (Fsp3) is 0.222. The molecule has 1 atom stereocenters. The van der Waals surface area contributed by atoms with E-state index in [9.17, 15) is 9.59 Å². The van der Waals surface area contributed by atoms with Gasteiger partial charge in [-0.25, -0.2) is 4.79 Å². The molecule has 1 aliphatic heterocycles. The molecule has 0 unspecified atom stereocenters. The molecule has 0 aliphatic carbocycles. The van der Waals surface area contributed by atoms with E-state index in [1.807, 2.05) is 31.2 Å². The third-order valence-electron chi connectivity index (χ3n) is 4.40. The number of nitrogens with zero attached hydrogens (tertiary/aromatic N) is 2. The minimum absolute atomic E-state index is 0.0634. The molecule has 0 N–H and O–H groups in total. The Morgan fingerprint density at radius 1 is 1.29 bits per heavy atom. The number of amides is 1. The minimum Gasteiger partial charge on any atom is -0.408 e. The van der Waals surface area contributed by atoms with E-state index < -0.39 is 5.76 Å². The highest BCUT2D eigenvalue weighted by molar-refractivity contribution is 6.31. The summed E-state index contributed by atoms with van der Waals surface area (Å²) < 4.78 is 6.54. The van der Waals surface area contributed by atoms with Crippen molar-refractivity contribution in [1.82, 2.24) is 4.57 Å². The number of para-hydroxylation sites is 1. The lowest BCUT2D eigenvalue weighted by Crippen LogP contribution is -2.39. The van der Waals surface area contributed by atoms with E-state index in [0.717, 1.165) is 17.7 Å². The lowest BCUT2D eigenvalue weighted by molar-refractivity contribution is -0.119. The van der Waals surface area contributed by atoms with E-state index in [1.165, 1.54) is 4.57 Å². The first-order valence-electron chi connectivity index (χ1n) is 7.73. The molecule has 5 nitrogen and oxygen atoms in total. The van der Waals surface area contributed by atoms with Crippen LogP contribution < -0.4 is 10.7 Å². The average Bonchev–Trinajstić information content (AvgIpc) is 3.03. The van der Waals surface area contributed by atoms with Crippen molar-refractivity contribution in [2.24, 2.45) is 0 Å². The quantitative estimate of drug-likeness (QED) is 0.718. The van der Waals surface area contributed by atoms with Gasteiger partial charge in [0, 0.05) is 22.8 Å². The van der Waals surface area contributed by atoms with Gasteiger partial charge in [0.2, 0.25) is 5.91 Å². The molecule has 0 saturated heterocycles. The predicted octanol–water partition coefficient (Wildman–Crippen LogP) is 3.23. The topological polar surface area (TPSA) is 55.5 Å². The second kappa shape index (κ2) is 5.53. The molecule has 24 heavy (non-hydrogen) atoms. The van der Waals surface area contributed by atoms with Crippen LogP contribution in [0.15, 0.2) is 51.7 Å². The number of rotatable bonds is 2. The van der Waals surface area contributed by atoms with E-state index in [0.29, 0.717) is 16.1 Å². The normalized spacial score (nSPS) is 16.6. The Hall–Kier alpha value is -2.53. The number of carbonyl (C=O) groups is 1. The standard InChI is InChI=1S/C18H15ClN2O3/c1-11-8-12-4-2-3-5-14(12)21(11)17(22)10-20-15-7-6-13(19)9-16(15)24-18(20)23/h2-7,9,11H,8,10H2,1H3/t11-/m1/s1. The monoisotopic (exact) mass is 342 g/mol. The minimum atomic E-state index is -0.555. The summed E-state index contributed by atoms with van der Waals surface area (Å²) in [5.74, 6) is -0.687. The fourth-order valence-corrected chi connectivity index (χ4v) is 3.51. The second-order valence-corrected chi connectivity index (χ2v) is 6.45. The van der Waals surface area contributed by atoms with Gasteiger partial charge in [0.25, 0.3) is 0 Å². The zero-order valence-corrected chi connectivity index (χ0v) is 13.8. The summed E-state index contributed by atoms with van der Waals surface area (Å²) in [5, 5.41) is 0.483. The number of carbonyl (C=O) groups excluding carboxylic acids is 1. The molecular formula is C18H15ClN2O3. The Kier molecular flexibility index (Phi) is 3.46. The van der Waals surface area contributed by atoms with Gasteiger partial charge in [0.05, 0.1) is 5.52 Å². The van der Waals surface area contributed by atoms with Gasteiger partial charge in [0.1, 0.15) is 6.54 Å². The number of halogens is 1. The van der Waals surface area contributed by atoms with Crippen molar-refractivity contribution in [3.8, 4) is 0 Å². The maximum Gasteiger partial charge on any atom is 0.420 e. The number of hydrogen-bond acceptors (Lipinski definition) is 3. The first-order chi connectivity index (χ1) is 11.5. The fourth-order valence-electron chi connectivity index (χ4n) is 3.35. The van der Waals surface area contributed by atoms with Gasteiger partial charge >= 0.3 is 5.76 Å². The van der Waals surface area contributed by atoms with Gasteiger partial charge in [-0.05, 0) is 37.1 Å². The van der Waals surface area contributed by atoms with Gasteiger partial charge in [-0.3, -0.25) is 9.36 Å². The van der Waals surface area contributed by atoms with Gasteiger partial charge < -0.3 is 9.32 Å². The van der Waals surface area contributed by atoms with Crippen LogP contribution in [-0.4, -0.2) is 16.5 Å². The van der Waals surface area contributed by atoms with Gasteiger partial charge in [0.15, 0.2) is 5.58 Å². The Labute approximate surface area is 143 Å². The maximum absolute atomic E-state index is 12.8. The largest absolute Gasteiger partial charge is 0.420 e. The van der Waals surface area contributed by atoms with Crippen molar-refractivity contribution in [3.05, 3.63) is 63.6 Å². The molecule has 2 aromatic carbocycles. The van der Waals surface area contributed by atoms with Crippen molar-refractivity contribution < 1.29 is 9.21 Å². The van der Waals surface area contributed by atoms with Crippen molar-refractivity contribution in [2.75, 3.05) is 4.90 Å². The molecular weight excluding hydrogens is 328 g/mol. The van der Waals surface area contributed by atoms with Crippen LogP contribution >= 0.6 is 11.6 Å². The van der Waals surface area contributed by atoms with Crippen LogP contribution in [0.5, 0.6) is 0 Å². The number of fused-ring (bicyclic) bond motifs is 2. The Bertz CT molecular complexity index is 1000. The van der Waals surface area contributed by atoms with Crippen LogP contribution in [0.4, 0.5) is 5.69 Å². The van der Waals surface area contributed by atoms with E-state index in [2.05, 4.69) is 0 Å². The maximum atomic E-state index is 12.8. The van der Waals surface area contributed by atoms with Crippen LogP contribution in [0.25, 0.3) is 11.1 Å². The van der Waals surface area contributed by atoms with Gasteiger partial charge in [-0.1, -0.05) is 29.8 Å². The summed E-state index contributed by atoms with van der Waals surface area (Å²) in [6.07, 6.45) is 0.818. The number of oxazole rings is 1. The average molecular weight is 343 g/mol. The first-order valence-corrected chi connectivity index (χ1v) is 8.11. The number of benzene rings is 2. The first kappa shape index (κ1) is 15.0. The molecule has 0 bridgehead atoms. The molecule has 2 heterocycles. The highest BCUT2D eigenvalue weighted by Gasteiger charge is 2.31. The Morgan fingerprint density at radius 3 is 2.92 bits per heavy atom. The molecule has 4 rings (SSSR count). The van der Waals surface area contributed by atoms with E-state index in [-0.39, 0.29) is 18.5 Å². The molecule has 6 heteroatoms. The molecule has 1 amide bonds. The summed E-state index contributed by atoms with van der Waals surface area (Å²) in [6, 6.07) is 12.9. The van der Waals surface area contributed by atoms with Crippen molar-refractivity contribution in [3.63, 3.8) is 0 Å². The van der Waals surface area contributed by atoms with Crippen molar-refractivity contribution in [2.45, 2.75) is 25.9 Å². The Balaban J connectivity index is 1.70. The van der Waals surface area contributed by atoms with Crippen LogP contribution in [0.1, 0.15) is 12.5 Å². The molecule has 1 aromatic heterocycles. The van der Waals surface area contributed by atoms with Crippen LogP contribution in [-0.2, 0) is 17.8 Å². The second-order valence-electron chi connectivity index (χ2n) is 6.01. The summed E-state index contributed by atoms with van der Waals surface area (Å²) in [6.45, 7) is 1.94. The van der Waals surface area contributed by atoms with Crippen LogP contribution in [0.2, 0.25) is 5.02 Å². The molecule has 0 spiro atoms. The molecule has 0 radical (unpaired) electrons. The SMILES string of the molecule is C[C@@H]1Cc2ccccc2N1C(=O)Cn1c(=O)oc2cc(Cl)ccc21. The van der Waals surface area contributed by atoms with Crippen LogP contribution in [0, 0.1) is 0 Å². The van der Waals surface area contributed by atoms with Gasteiger partial charge in [-0.15, -0.1) is 0 Å². The third kappa shape index (κ3) is 2.32. The number of hydrogen-bond donors (Lipinski definition) is 0. The summed E-state index contributed by atoms with van der Waals surface area (Å²) in [4.78, 5) is 26.7. The smallest absolute Gasteiger partial charge is 0.408 e. The Morgan fingerprint density at radius 2 is 2.08 bits per heavy atom.